The summed E-state index contributed by atoms with van der Waals surface area (Å²) in [6, 6.07) is 13.3. The molecule has 0 aliphatic rings. The molecule has 23 heavy (non-hydrogen) atoms. The maximum Gasteiger partial charge on any atom is 0.123 e. The summed E-state index contributed by atoms with van der Waals surface area (Å²) in [6.07, 6.45) is 2.52. The summed E-state index contributed by atoms with van der Waals surface area (Å²) < 4.78 is 23.8. The van der Waals surface area contributed by atoms with Crippen molar-refractivity contribution in [3.05, 3.63) is 84.0 Å². The summed E-state index contributed by atoms with van der Waals surface area (Å²) >= 11 is 0. The molecule has 2 heterocycles. The molecule has 3 rings (SSSR count). The highest BCUT2D eigenvalue weighted by atomic mass is 19.1. The van der Waals surface area contributed by atoms with Crippen LogP contribution in [0, 0.1) is 5.82 Å². The van der Waals surface area contributed by atoms with Crippen LogP contribution in [0.3, 0.4) is 0 Å². The average molecular weight is 315 g/mol. The molecular weight excluding hydrogens is 297 g/mol. The predicted octanol–water partition coefficient (Wildman–Crippen LogP) is 3.75. The van der Waals surface area contributed by atoms with Crippen LogP contribution in [0.5, 0.6) is 0 Å². The van der Waals surface area contributed by atoms with Crippen LogP contribution in [0.2, 0.25) is 0 Å². The van der Waals surface area contributed by atoms with Crippen LogP contribution in [0.4, 0.5) is 4.39 Å². The van der Waals surface area contributed by atoms with E-state index in [0.717, 1.165) is 11.5 Å². The molecule has 1 atom stereocenters. The molecule has 0 saturated carbocycles. The Labute approximate surface area is 133 Å². The molecule has 5 heteroatoms. The van der Waals surface area contributed by atoms with Gasteiger partial charge in [-0.25, -0.2) is 4.39 Å². The van der Waals surface area contributed by atoms with Crippen molar-refractivity contribution in [2.45, 2.75) is 19.2 Å². The highest BCUT2D eigenvalue weighted by Crippen LogP contribution is 2.18. The Hall–Kier alpha value is -2.37. The molecule has 1 N–H and O–H groups in total. The van der Waals surface area contributed by atoms with E-state index < -0.39 is 6.10 Å². The number of furan rings is 2. The normalized spacial score (nSPS) is 12.7. The molecule has 120 valence electrons. The Bertz CT molecular complexity index is 656. The van der Waals surface area contributed by atoms with Gasteiger partial charge in [-0.15, -0.1) is 0 Å². The smallest absolute Gasteiger partial charge is 0.123 e. The van der Waals surface area contributed by atoms with E-state index >= 15 is 0 Å². The standard InChI is InChI=1S/C18H18FNO3/c19-15-7-5-14(6-8-15)18(21)13-20(11-16-3-1-9-22-16)12-17-4-2-10-23-17/h1-10,18,21H,11-13H2. The van der Waals surface area contributed by atoms with Crippen LogP contribution in [0.1, 0.15) is 23.2 Å². The van der Waals surface area contributed by atoms with E-state index in [1.807, 2.05) is 29.2 Å². The molecule has 0 radical (unpaired) electrons. The summed E-state index contributed by atoms with van der Waals surface area (Å²) in [5, 5.41) is 10.4. The number of aliphatic hydroxyl groups excluding tert-OH is 1. The fourth-order valence-corrected chi connectivity index (χ4v) is 2.47. The largest absolute Gasteiger partial charge is 0.468 e. The van der Waals surface area contributed by atoms with Gasteiger partial charge in [0.05, 0.1) is 31.7 Å². The lowest BCUT2D eigenvalue weighted by Gasteiger charge is -2.23. The highest BCUT2D eigenvalue weighted by molar-refractivity contribution is 5.19. The van der Waals surface area contributed by atoms with Crippen LogP contribution in [0.15, 0.2) is 69.9 Å². The quantitative estimate of drug-likeness (QED) is 0.721. The van der Waals surface area contributed by atoms with Crippen LogP contribution >= 0.6 is 0 Å². The molecule has 0 spiro atoms. The highest BCUT2D eigenvalue weighted by Gasteiger charge is 2.16. The Kier molecular flexibility index (Phi) is 4.90. The van der Waals surface area contributed by atoms with Gasteiger partial charge in [0.1, 0.15) is 17.3 Å². The van der Waals surface area contributed by atoms with E-state index in [4.69, 9.17) is 8.83 Å². The van der Waals surface area contributed by atoms with Gasteiger partial charge < -0.3 is 13.9 Å². The van der Waals surface area contributed by atoms with Crippen molar-refractivity contribution in [2.75, 3.05) is 6.54 Å². The zero-order valence-electron chi connectivity index (χ0n) is 12.6. The number of rotatable bonds is 7. The van der Waals surface area contributed by atoms with E-state index in [1.165, 1.54) is 12.1 Å². The first-order valence-electron chi connectivity index (χ1n) is 7.41. The second-order valence-corrected chi connectivity index (χ2v) is 5.40. The Balaban J connectivity index is 1.70. The third-order valence-electron chi connectivity index (χ3n) is 3.61. The molecule has 4 nitrogen and oxygen atoms in total. The van der Waals surface area contributed by atoms with Crippen LogP contribution < -0.4 is 0 Å². The SMILES string of the molecule is OC(CN(Cc1ccco1)Cc1ccco1)c1ccc(F)cc1. The van der Waals surface area contributed by atoms with Crippen molar-refractivity contribution in [1.29, 1.82) is 0 Å². The van der Waals surface area contributed by atoms with Gasteiger partial charge in [-0.2, -0.15) is 0 Å². The Morgan fingerprint density at radius 2 is 1.48 bits per heavy atom. The Morgan fingerprint density at radius 3 is 1.96 bits per heavy atom. The minimum atomic E-state index is -0.722. The summed E-state index contributed by atoms with van der Waals surface area (Å²) in [5.74, 6) is 1.30. The molecule has 1 aromatic carbocycles. The molecule has 0 aliphatic heterocycles. The molecule has 1 unspecified atom stereocenters. The minimum Gasteiger partial charge on any atom is -0.468 e. The number of hydrogen-bond donors (Lipinski definition) is 1. The lowest BCUT2D eigenvalue weighted by molar-refractivity contribution is 0.0960. The van der Waals surface area contributed by atoms with Crippen LogP contribution in [0.25, 0.3) is 0 Å². The monoisotopic (exact) mass is 315 g/mol. The molecule has 0 saturated heterocycles. The van der Waals surface area contributed by atoms with Crippen molar-refractivity contribution in [3.63, 3.8) is 0 Å². The average Bonchev–Trinajstić information content (AvgIpc) is 3.21. The van der Waals surface area contributed by atoms with Gasteiger partial charge in [0.2, 0.25) is 0 Å². The molecular formula is C18H18FNO3. The zero-order chi connectivity index (χ0) is 16.1. The van der Waals surface area contributed by atoms with Gasteiger partial charge in [-0.3, -0.25) is 4.90 Å². The molecule has 0 fully saturated rings. The number of hydrogen-bond acceptors (Lipinski definition) is 4. The van der Waals surface area contributed by atoms with Gasteiger partial charge in [0.15, 0.2) is 0 Å². The molecule has 2 aromatic heterocycles. The van der Waals surface area contributed by atoms with E-state index in [0.29, 0.717) is 25.2 Å². The second kappa shape index (κ2) is 7.26. The van der Waals surface area contributed by atoms with E-state index in [-0.39, 0.29) is 5.82 Å². The predicted molar refractivity (Wildman–Crippen MR) is 82.9 cm³/mol. The minimum absolute atomic E-state index is 0.316. The van der Waals surface area contributed by atoms with Gasteiger partial charge in [0, 0.05) is 6.54 Å². The second-order valence-electron chi connectivity index (χ2n) is 5.40. The summed E-state index contributed by atoms with van der Waals surface area (Å²) in [6.45, 7) is 1.48. The first-order valence-corrected chi connectivity index (χ1v) is 7.41. The van der Waals surface area contributed by atoms with Crippen molar-refractivity contribution in [3.8, 4) is 0 Å². The van der Waals surface area contributed by atoms with Crippen molar-refractivity contribution < 1.29 is 18.3 Å². The molecule has 0 amide bonds. The van der Waals surface area contributed by atoms with Crippen molar-refractivity contribution in [2.24, 2.45) is 0 Å². The Morgan fingerprint density at radius 1 is 0.913 bits per heavy atom. The number of nitrogens with zero attached hydrogens (tertiary/aromatic N) is 1. The molecule has 3 aromatic rings. The van der Waals surface area contributed by atoms with E-state index in [9.17, 15) is 9.50 Å². The van der Waals surface area contributed by atoms with E-state index in [2.05, 4.69) is 0 Å². The van der Waals surface area contributed by atoms with Crippen molar-refractivity contribution >= 4 is 0 Å². The van der Waals surface area contributed by atoms with Gasteiger partial charge in [-0.1, -0.05) is 12.1 Å². The van der Waals surface area contributed by atoms with Gasteiger partial charge in [-0.05, 0) is 42.0 Å². The van der Waals surface area contributed by atoms with Gasteiger partial charge in [0.25, 0.3) is 0 Å². The van der Waals surface area contributed by atoms with Gasteiger partial charge >= 0.3 is 0 Å². The maximum atomic E-state index is 13.0. The first-order chi connectivity index (χ1) is 11.2. The van der Waals surface area contributed by atoms with Crippen molar-refractivity contribution in [1.82, 2.24) is 4.90 Å². The van der Waals surface area contributed by atoms with Crippen LogP contribution in [-0.4, -0.2) is 16.6 Å². The number of halogens is 1. The lowest BCUT2D eigenvalue weighted by Crippen LogP contribution is -2.27. The molecule has 0 aliphatic carbocycles. The third-order valence-corrected chi connectivity index (χ3v) is 3.61. The number of aliphatic hydroxyl groups is 1. The summed E-state index contributed by atoms with van der Waals surface area (Å²) in [4.78, 5) is 2.02. The first kappa shape index (κ1) is 15.5. The third kappa shape index (κ3) is 4.31. The molecule has 0 bridgehead atoms. The lowest BCUT2D eigenvalue weighted by atomic mass is 10.1. The maximum absolute atomic E-state index is 13.0. The van der Waals surface area contributed by atoms with E-state index in [1.54, 1.807) is 24.7 Å². The fraction of sp³-hybridized carbons (Fsp3) is 0.222. The fourth-order valence-electron chi connectivity index (χ4n) is 2.47. The zero-order valence-corrected chi connectivity index (χ0v) is 12.6. The number of benzene rings is 1. The summed E-state index contributed by atoms with van der Waals surface area (Å²) in [7, 11) is 0. The topological polar surface area (TPSA) is 49.8 Å². The summed E-state index contributed by atoms with van der Waals surface area (Å²) in [5.41, 5.74) is 0.676. The van der Waals surface area contributed by atoms with Crippen LogP contribution in [-0.2, 0) is 13.1 Å².